The molecule has 1 aromatic heterocycles. The summed E-state index contributed by atoms with van der Waals surface area (Å²) in [5.74, 6) is 1.03. The van der Waals surface area contributed by atoms with Crippen LogP contribution in [0, 0.1) is 0 Å². The first-order valence-electron chi connectivity index (χ1n) is 5.91. The van der Waals surface area contributed by atoms with E-state index in [-0.39, 0.29) is 5.78 Å². The first kappa shape index (κ1) is 11.3. The maximum Gasteiger partial charge on any atom is 0.142 e. The van der Waals surface area contributed by atoms with E-state index >= 15 is 0 Å². The maximum atomic E-state index is 11.8. The molecule has 0 radical (unpaired) electrons. The first-order chi connectivity index (χ1) is 7.79. The number of carbonyl (C=O) groups is 1. The molecule has 1 aromatic rings. The van der Waals surface area contributed by atoms with E-state index in [1.165, 1.54) is 12.7 Å². The van der Waals surface area contributed by atoms with Gasteiger partial charge in [-0.05, 0) is 26.3 Å². The van der Waals surface area contributed by atoms with Gasteiger partial charge in [-0.15, -0.1) is 0 Å². The molecule has 16 heavy (non-hydrogen) atoms. The third-order valence-corrected chi connectivity index (χ3v) is 2.99. The standard InChI is InChI=1S/C11H18N4O/c1-2-15-11(13-8-14-15)7-10(16)6-9-4-3-5-12-9/h8-9,12H,2-7H2,1H3. The van der Waals surface area contributed by atoms with Gasteiger partial charge in [0.05, 0.1) is 6.42 Å². The van der Waals surface area contributed by atoms with Crippen LogP contribution >= 0.6 is 0 Å². The van der Waals surface area contributed by atoms with Crippen molar-refractivity contribution in [3.63, 3.8) is 0 Å². The fourth-order valence-corrected chi connectivity index (χ4v) is 2.14. The average molecular weight is 222 g/mol. The van der Waals surface area contributed by atoms with Crippen molar-refractivity contribution in [2.24, 2.45) is 0 Å². The summed E-state index contributed by atoms with van der Waals surface area (Å²) in [5.41, 5.74) is 0. The van der Waals surface area contributed by atoms with Gasteiger partial charge in [0.15, 0.2) is 0 Å². The van der Waals surface area contributed by atoms with Crippen LogP contribution in [-0.2, 0) is 17.8 Å². The number of aryl methyl sites for hydroxylation is 1. The highest BCUT2D eigenvalue weighted by molar-refractivity contribution is 5.80. The molecule has 0 aliphatic carbocycles. The van der Waals surface area contributed by atoms with Gasteiger partial charge in [-0.25, -0.2) is 9.67 Å². The number of carbonyl (C=O) groups excluding carboxylic acids is 1. The second kappa shape index (κ2) is 5.21. The zero-order chi connectivity index (χ0) is 11.4. The number of nitrogens with zero attached hydrogens (tertiary/aromatic N) is 3. The van der Waals surface area contributed by atoms with Gasteiger partial charge in [0.2, 0.25) is 0 Å². The van der Waals surface area contributed by atoms with Crippen LogP contribution in [0.25, 0.3) is 0 Å². The fourth-order valence-electron chi connectivity index (χ4n) is 2.14. The fraction of sp³-hybridized carbons (Fsp3) is 0.727. The second-order valence-electron chi connectivity index (χ2n) is 4.20. The van der Waals surface area contributed by atoms with Gasteiger partial charge in [0.25, 0.3) is 0 Å². The number of aromatic nitrogens is 3. The third kappa shape index (κ3) is 2.66. The van der Waals surface area contributed by atoms with Gasteiger partial charge < -0.3 is 5.32 Å². The maximum absolute atomic E-state index is 11.8. The van der Waals surface area contributed by atoms with E-state index in [1.807, 2.05) is 6.92 Å². The number of rotatable bonds is 5. The van der Waals surface area contributed by atoms with Gasteiger partial charge in [0.1, 0.15) is 17.9 Å². The molecule has 5 nitrogen and oxygen atoms in total. The van der Waals surface area contributed by atoms with Crippen molar-refractivity contribution < 1.29 is 4.79 Å². The van der Waals surface area contributed by atoms with E-state index in [0.29, 0.717) is 18.9 Å². The molecular formula is C11H18N4O. The Hall–Kier alpha value is -1.23. The molecule has 2 heterocycles. The molecule has 1 unspecified atom stereocenters. The molecule has 0 aromatic carbocycles. The van der Waals surface area contributed by atoms with Crippen molar-refractivity contribution in [3.8, 4) is 0 Å². The van der Waals surface area contributed by atoms with Crippen LogP contribution in [0.5, 0.6) is 0 Å². The van der Waals surface area contributed by atoms with Gasteiger partial charge in [-0.2, -0.15) is 5.10 Å². The molecule has 88 valence electrons. The summed E-state index contributed by atoms with van der Waals surface area (Å²) in [5, 5.41) is 7.39. The Balaban J connectivity index is 1.86. The number of hydrogen-bond acceptors (Lipinski definition) is 4. The van der Waals surface area contributed by atoms with E-state index < -0.39 is 0 Å². The third-order valence-electron chi connectivity index (χ3n) is 2.99. The van der Waals surface area contributed by atoms with E-state index in [9.17, 15) is 4.79 Å². The lowest BCUT2D eigenvalue weighted by Crippen LogP contribution is -2.25. The molecule has 2 rings (SSSR count). The predicted molar refractivity (Wildman–Crippen MR) is 60.0 cm³/mol. The van der Waals surface area contributed by atoms with Crippen LogP contribution in [0.3, 0.4) is 0 Å². The van der Waals surface area contributed by atoms with E-state index in [2.05, 4.69) is 15.4 Å². The number of hydrogen-bond donors (Lipinski definition) is 1. The number of ketones is 1. The monoisotopic (exact) mass is 222 g/mol. The van der Waals surface area contributed by atoms with Crippen molar-refractivity contribution in [1.29, 1.82) is 0 Å². The van der Waals surface area contributed by atoms with Crippen LogP contribution in [-0.4, -0.2) is 33.1 Å². The van der Waals surface area contributed by atoms with E-state index in [1.54, 1.807) is 4.68 Å². The molecule has 1 fully saturated rings. The summed E-state index contributed by atoms with van der Waals surface area (Å²) in [7, 11) is 0. The molecule has 0 saturated carbocycles. The van der Waals surface area contributed by atoms with E-state index in [4.69, 9.17) is 0 Å². The van der Waals surface area contributed by atoms with Crippen LogP contribution in [0.2, 0.25) is 0 Å². The highest BCUT2D eigenvalue weighted by atomic mass is 16.1. The highest BCUT2D eigenvalue weighted by Crippen LogP contribution is 2.10. The largest absolute Gasteiger partial charge is 0.314 e. The zero-order valence-corrected chi connectivity index (χ0v) is 9.65. The SMILES string of the molecule is CCn1ncnc1CC(=O)CC1CCCN1. The van der Waals surface area contributed by atoms with Crippen molar-refractivity contribution in [2.75, 3.05) is 6.54 Å². The van der Waals surface area contributed by atoms with Crippen LogP contribution < -0.4 is 5.32 Å². The second-order valence-corrected chi connectivity index (χ2v) is 4.20. The first-order valence-corrected chi connectivity index (χ1v) is 5.91. The molecule has 1 aliphatic rings. The minimum absolute atomic E-state index is 0.252. The Bertz CT molecular complexity index is 355. The molecule has 1 atom stereocenters. The summed E-state index contributed by atoms with van der Waals surface area (Å²) in [6.45, 7) is 3.81. The Morgan fingerprint density at radius 1 is 1.69 bits per heavy atom. The van der Waals surface area contributed by atoms with Crippen LogP contribution in [0.1, 0.15) is 32.0 Å². The Labute approximate surface area is 95.2 Å². The van der Waals surface area contributed by atoms with Crippen molar-refractivity contribution in [2.45, 2.75) is 45.2 Å². The number of nitrogens with one attached hydrogen (secondary N) is 1. The minimum Gasteiger partial charge on any atom is -0.314 e. The van der Waals surface area contributed by atoms with Gasteiger partial charge in [-0.3, -0.25) is 4.79 Å². The summed E-state index contributed by atoms with van der Waals surface area (Å²) in [6, 6.07) is 0.380. The lowest BCUT2D eigenvalue weighted by molar-refractivity contribution is -0.119. The quantitative estimate of drug-likeness (QED) is 0.790. The molecular weight excluding hydrogens is 204 g/mol. The molecule has 1 N–H and O–H groups in total. The molecule has 0 bridgehead atoms. The minimum atomic E-state index is 0.252. The normalized spacial score (nSPS) is 20.2. The van der Waals surface area contributed by atoms with Crippen LogP contribution in [0.15, 0.2) is 6.33 Å². The van der Waals surface area contributed by atoms with Gasteiger partial charge >= 0.3 is 0 Å². The van der Waals surface area contributed by atoms with E-state index in [0.717, 1.165) is 25.3 Å². The average Bonchev–Trinajstić information content (AvgIpc) is 2.88. The lowest BCUT2D eigenvalue weighted by atomic mass is 10.1. The number of Topliss-reactive ketones (excluding diaryl/α,β-unsaturated/α-hetero) is 1. The van der Waals surface area contributed by atoms with Crippen molar-refractivity contribution >= 4 is 5.78 Å². The van der Waals surface area contributed by atoms with Gasteiger partial charge in [-0.1, -0.05) is 0 Å². The molecule has 1 saturated heterocycles. The summed E-state index contributed by atoms with van der Waals surface area (Å²) in [6.07, 6.45) is 4.85. The highest BCUT2D eigenvalue weighted by Gasteiger charge is 2.18. The lowest BCUT2D eigenvalue weighted by Gasteiger charge is -2.08. The Morgan fingerprint density at radius 3 is 3.25 bits per heavy atom. The van der Waals surface area contributed by atoms with Gasteiger partial charge in [0, 0.05) is 19.0 Å². The zero-order valence-electron chi connectivity index (χ0n) is 9.65. The Morgan fingerprint density at radius 2 is 2.56 bits per heavy atom. The molecule has 5 heteroatoms. The topological polar surface area (TPSA) is 59.8 Å². The van der Waals surface area contributed by atoms with Crippen molar-refractivity contribution in [1.82, 2.24) is 20.1 Å². The molecule has 1 aliphatic heterocycles. The van der Waals surface area contributed by atoms with Crippen molar-refractivity contribution in [3.05, 3.63) is 12.2 Å². The smallest absolute Gasteiger partial charge is 0.142 e. The predicted octanol–water partition coefficient (Wildman–Crippen LogP) is 0.552. The summed E-state index contributed by atoms with van der Waals surface area (Å²) in [4.78, 5) is 15.9. The van der Waals surface area contributed by atoms with Crippen LogP contribution in [0.4, 0.5) is 0 Å². The molecule has 0 spiro atoms. The summed E-state index contributed by atoms with van der Waals surface area (Å²) >= 11 is 0. The Kier molecular flexibility index (Phi) is 3.66. The molecule has 0 amide bonds. The summed E-state index contributed by atoms with van der Waals surface area (Å²) < 4.78 is 1.78.